The number of carboxylic acids is 2. The molecule has 0 aliphatic heterocycles. The molecule has 4 fully saturated rings. The molecule has 4 aromatic rings. The van der Waals surface area contributed by atoms with Crippen LogP contribution in [0.1, 0.15) is 177 Å². The summed E-state index contributed by atoms with van der Waals surface area (Å²) in [7, 11) is 0. The average Bonchev–Trinajstić information content (AvgIpc) is 3.69. The van der Waals surface area contributed by atoms with Crippen LogP contribution in [0.4, 0.5) is 0 Å². The Morgan fingerprint density at radius 3 is 1.73 bits per heavy atom. The molecule has 4 aliphatic carbocycles. The SMILES string of the molecule is CC(C)CCCC(C)[C@H]1CC[C@H]2[C@@H]3CC[C@H]4C[C@@H](CCC=C(c5cc(Cl)c(OC(=O)c6ccccc6)c(C(=O)O)c5)c5cc(Cl)c(OC(=O)c6ccccc6)c(C(=O)O)c5)CC[C@]4(C)[C@H]3CC[C@]12C.[Na+]. The van der Waals surface area contributed by atoms with Crippen molar-refractivity contribution in [1.29, 1.82) is 0 Å². The van der Waals surface area contributed by atoms with Crippen molar-refractivity contribution in [2.75, 3.05) is 0 Å². The van der Waals surface area contributed by atoms with Crippen LogP contribution in [-0.4, -0.2) is 34.1 Å². The number of esters is 2. The Kier molecular flexibility index (Phi) is 17.6. The maximum Gasteiger partial charge on any atom is 1.00 e. The Balaban J connectivity index is 0.00000722. The topological polar surface area (TPSA) is 127 Å². The molecule has 70 heavy (non-hydrogen) atoms. The van der Waals surface area contributed by atoms with E-state index in [0.717, 1.165) is 48.3 Å². The van der Waals surface area contributed by atoms with Crippen LogP contribution in [0.15, 0.2) is 91.0 Å². The second-order valence-electron chi connectivity index (χ2n) is 21.8. The zero-order valence-electron chi connectivity index (χ0n) is 41.8. The molecule has 0 bridgehead atoms. The Bertz CT molecular complexity index is 2460. The molecule has 0 spiro atoms. The fraction of sp³-hybridized carbons (Fsp3) is 0.492. The number of carbonyl (C=O) groups excluding carboxylic acids is 2. The second kappa shape index (κ2) is 22.9. The van der Waals surface area contributed by atoms with Crippen molar-refractivity contribution in [2.45, 2.75) is 125 Å². The summed E-state index contributed by atoms with van der Waals surface area (Å²) >= 11 is 13.6. The molecule has 0 aromatic heterocycles. The van der Waals surface area contributed by atoms with E-state index in [1.807, 2.05) is 6.08 Å². The number of rotatable bonds is 16. The van der Waals surface area contributed by atoms with E-state index in [2.05, 4.69) is 34.6 Å². The molecule has 9 atom stereocenters. The third-order valence-corrected chi connectivity index (χ3v) is 18.0. The Hall–Kier alpha value is -3.92. The van der Waals surface area contributed by atoms with Gasteiger partial charge in [0.25, 0.3) is 0 Å². The van der Waals surface area contributed by atoms with E-state index in [-0.39, 0.29) is 73.4 Å². The molecule has 4 aromatic carbocycles. The van der Waals surface area contributed by atoms with Gasteiger partial charge in [0.2, 0.25) is 0 Å². The van der Waals surface area contributed by atoms with Gasteiger partial charge in [-0.1, -0.05) is 120 Å². The van der Waals surface area contributed by atoms with Gasteiger partial charge in [-0.25, -0.2) is 19.2 Å². The smallest absolute Gasteiger partial charge is 0.478 e. The minimum Gasteiger partial charge on any atom is -0.478 e. The van der Waals surface area contributed by atoms with Gasteiger partial charge in [0.1, 0.15) is 11.1 Å². The molecule has 11 heteroatoms. The van der Waals surface area contributed by atoms with Crippen LogP contribution in [0.25, 0.3) is 5.57 Å². The first-order valence-electron chi connectivity index (χ1n) is 25.4. The maximum absolute atomic E-state index is 13.1. The summed E-state index contributed by atoms with van der Waals surface area (Å²) in [5.74, 6) is 1.12. The quantitative estimate of drug-likeness (QED) is 0.0645. The molecule has 0 heterocycles. The summed E-state index contributed by atoms with van der Waals surface area (Å²) in [5.41, 5.74) is 1.75. The molecule has 2 N–H and O–H groups in total. The monoisotopic (exact) mass is 997 g/mol. The second-order valence-corrected chi connectivity index (χ2v) is 22.6. The zero-order chi connectivity index (χ0) is 49.2. The number of allylic oxidation sites excluding steroid dienone is 1. The fourth-order valence-corrected chi connectivity index (χ4v) is 14.5. The number of hydrogen-bond donors (Lipinski definition) is 2. The van der Waals surface area contributed by atoms with Gasteiger partial charge in [0, 0.05) is 0 Å². The summed E-state index contributed by atoms with van der Waals surface area (Å²) < 4.78 is 11.2. The number of ether oxygens (including phenoxy) is 2. The van der Waals surface area contributed by atoms with Crippen molar-refractivity contribution in [3.63, 3.8) is 0 Å². The molecule has 1 unspecified atom stereocenters. The third kappa shape index (κ3) is 11.3. The van der Waals surface area contributed by atoms with Gasteiger partial charge in [0.05, 0.1) is 21.2 Å². The van der Waals surface area contributed by atoms with Crippen molar-refractivity contribution in [3.05, 3.63) is 134 Å². The zero-order valence-corrected chi connectivity index (χ0v) is 45.3. The molecule has 0 amide bonds. The molecule has 8 rings (SSSR count). The van der Waals surface area contributed by atoms with Crippen molar-refractivity contribution in [2.24, 2.45) is 58.2 Å². The number of benzene rings is 4. The van der Waals surface area contributed by atoms with Crippen molar-refractivity contribution < 1.29 is 68.4 Å². The molecule has 0 radical (unpaired) electrons. The van der Waals surface area contributed by atoms with Crippen LogP contribution in [0.3, 0.4) is 0 Å². The molecule has 0 saturated heterocycles. The first-order valence-corrected chi connectivity index (χ1v) is 26.1. The van der Waals surface area contributed by atoms with E-state index in [1.54, 1.807) is 60.7 Å². The van der Waals surface area contributed by atoms with Gasteiger partial charge in [-0.05, 0) is 194 Å². The summed E-state index contributed by atoms with van der Waals surface area (Å²) in [6.45, 7) is 12.5. The standard InChI is InChI=1S/C59H68Cl2O8.Na/c1-35(2)14-12-15-36(3)47-24-25-48-44-23-22-42-30-37(26-28-58(42,4)49(44)27-29-59(47,48)5)16-13-21-43(40-31-45(54(62)63)52(50(60)33-40)68-56(66)38-17-8-6-9-18-38)41-32-46(55(64)65)53(51(61)34-41)69-57(67)39-19-10-7-11-20-39;/h6-11,17-21,31-37,42,44,47-49H,12-16,22-30H2,1-5H3,(H,62,63)(H,64,65);/q;+1/t36?,37-,42-,44-,47+,48-,49-,58-,59+;/m0./s1. The van der Waals surface area contributed by atoms with E-state index in [1.165, 1.54) is 94.9 Å². The number of hydrogen-bond acceptors (Lipinski definition) is 6. The van der Waals surface area contributed by atoms with Gasteiger partial charge < -0.3 is 19.7 Å². The Morgan fingerprint density at radius 1 is 0.671 bits per heavy atom. The number of carboxylic acid groups (broad SMARTS) is 2. The van der Waals surface area contributed by atoms with Gasteiger partial charge in [0.15, 0.2) is 11.5 Å². The first-order chi connectivity index (χ1) is 33.0. The van der Waals surface area contributed by atoms with Crippen LogP contribution < -0.4 is 39.0 Å². The van der Waals surface area contributed by atoms with E-state index in [4.69, 9.17) is 32.7 Å². The van der Waals surface area contributed by atoms with Crippen molar-refractivity contribution in [3.8, 4) is 11.5 Å². The van der Waals surface area contributed by atoms with E-state index >= 15 is 0 Å². The maximum atomic E-state index is 13.1. The Labute approximate surface area is 446 Å². The third-order valence-electron chi connectivity index (χ3n) is 17.5. The molecular formula is C59H68Cl2NaO8+. The summed E-state index contributed by atoms with van der Waals surface area (Å²) in [6.07, 6.45) is 19.2. The summed E-state index contributed by atoms with van der Waals surface area (Å²) in [6, 6.07) is 22.2. The molecular weight excluding hydrogens is 931 g/mol. The molecule has 366 valence electrons. The van der Waals surface area contributed by atoms with Gasteiger partial charge in [-0.3, -0.25) is 0 Å². The fourth-order valence-electron chi connectivity index (χ4n) is 14.0. The van der Waals surface area contributed by atoms with Gasteiger partial charge >= 0.3 is 53.4 Å². The summed E-state index contributed by atoms with van der Waals surface area (Å²) in [4.78, 5) is 52.0. The molecule has 4 aliphatic rings. The minimum absolute atomic E-state index is 0. The average molecular weight is 999 g/mol. The predicted octanol–water partition coefficient (Wildman–Crippen LogP) is 12.8. The Morgan fingerprint density at radius 2 is 1.20 bits per heavy atom. The van der Waals surface area contributed by atoms with E-state index in [0.29, 0.717) is 45.8 Å². The van der Waals surface area contributed by atoms with Gasteiger partial charge in [-0.2, -0.15) is 0 Å². The van der Waals surface area contributed by atoms with Crippen LogP contribution in [0, 0.1) is 58.2 Å². The summed E-state index contributed by atoms with van der Waals surface area (Å²) in [5, 5.41) is 20.7. The van der Waals surface area contributed by atoms with Gasteiger partial charge in [-0.15, -0.1) is 0 Å². The number of fused-ring (bicyclic) bond motifs is 5. The normalized spacial score (nSPS) is 26.1. The van der Waals surface area contributed by atoms with E-state index < -0.39 is 23.9 Å². The molecule has 4 saturated carbocycles. The minimum atomic E-state index is -1.37. The largest absolute Gasteiger partial charge is 1.00 e. The van der Waals surface area contributed by atoms with Crippen molar-refractivity contribution >= 4 is 52.7 Å². The van der Waals surface area contributed by atoms with E-state index in [9.17, 15) is 29.4 Å². The number of aromatic carboxylic acids is 2. The number of carbonyl (C=O) groups is 4. The van der Waals surface area contributed by atoms with Crippen LogP contribution in [0.5, 0.6) is 11.5 Å². The molecule has 8 nitrogen and oxygen atoms in total. The van der Waals surface area contributed by atoms with Crippen LogP contribution in [-0.2, 0) is 0 Å². The van der Waals surface area contributed by atoms with Crippen LogP contribution in [0.2, 0.25) is 10.0 Å². The first kappa shape index (κ1) is 53.9. The predicted molar refractivity (Wildman–Crippen MR) is 272 cm³/mol. The van der Waals surface area contributed by atoms with Crippen LogP contribution >= 0.6 is 23.2 Å². The van der Waals surface area contributed by atoms with Crippen molar-refractivity contribution in [1.82, 2.24) is 0 Å². The number of halogens is 2.